The number of nitro groups is 1. The summed E-state index contributed by atoms with van der Waals surface area (Å²) in [5, 5.41) is 15.7. The van der Waals surface area contributed by atoms with Crippen LogP contribution in [0, 0.1) is 10.1 Å². The van der Waals surface area contributed by atoms with E-state index >= 15 is 0 Å². The summed E-state index contributed by atoms with van der Waals surface area (Å²) in [4.78, 5) is 26.7. The van der Waals surface area contributed by atoms with Gasteiger partial charge in [-0.05, 0) is 27.2 Å². The van der Waals surface area contributed by atoms with Crippen molar-refractivity contribution in [2.24, 2.45) is 7.05 Å². The van der Waals surface area contributed by atoms with Gasteiger partial charge in [0.15, 0.2) is 0 Å². The number of anilines is 1. The van der Waals surface area contributed by atoms with E-state index in [1.54, 1.807) is 16.6 Å². The fraction of sp³-hybridized carbons (Fsp3) is 0.733. The van der Waals surface area contributed by atoms with Crippen LogP contribution in [0.2, 0.25) is 0 Å². The molecule has 1 fully saturated rings. The van der Waals surface area contributed by atoms with E-state index in [0.717, 1.165) is 0 Å². The molecule has 24 heavy (non-hydrogen) atoms. The molecule has 134 valence electrons. The molecule has 0 bridgehead atoms. The van der Waals surface area contributed by atoms with Gasteiger partial charge in [-0.25, -0.2) is 9.48 Å². The van der Waals surface area contributed by atoms with Crippen LogP contribution < -0.4 is 4.90 Å². The monoisotopic (exact) mass is 339 g/mol. The lowest BCUT2D eigenvalue weighted by atomic mass is 10.2. The van der Waals surface area contributed by atoms with Crippen molar-refractivity contribution >= 4 is 17.6 Å². The van der Waals surface area contributed by atoms with Gasteiger partial charge in [-0.1, -0.05) is 6.92 Å². The zero-order valence-corrected chi connectivity index (χ0v) is 14.9. The molecule has 1 aliphatic rings. The van der Waals surface area contributed by atoms with Crippen LogP contribution in [0.3, 0.4) is 0 Å². The molecule has 0 spiro atoms. The Morgan fingerprint density at radius 3 is 2.33 bits per heavy atom. The number of ether oxygens (including phenoxy) is 1. The van der Waals surface area contributed by atoms with Gasteiger partial charge in [0.2, 0.25) is 5.82 Å². The second kappa shape index (κ2) is 6.66. The predicted octanol–water partition coefficient (Wildman–Crippen LogP) is 1.95. The quantitative estimate of drug-likeness (QED) is 0.617. The van der Waals surface area contributed by atoms with Gasteiger partial charge in [-0.2, -0.15) is 5.10 Å². The Morgan fingerprint density at radius 2 is 1.88 bits per heavy atom. The van der Waals surface area contributed by atoms with E-state index in [1.165, 1.54) is 0 Å². The van der Waals surface area contributed by atoms with Crippen LogP contribution >= 0.6 is 0 Å². The topological polar surface area (TPSA) is 93.7 Å². The molecule has 2 rings (SSSR count). The van der Waals surface area contributed by atoms with E-state index in [4.69, 9.17) is 4.74 Å². The standard InChI is InChI=1S/C15H25N5O4/c1-6-11-12(20(22)23)13(17(5)16-11)18-7-9-19(10-8-18)14(21)24-15(2,3)4/h6-10H2,1-5H3. The van der Waals surface area contributed by atoms with Crippen LogP contribution in [0.1, 0.15) is 33.4 Å². The first-order valence-corrected chi connectivity index (χ1v) is 8.07. The van der Waals surface area contributed by atoms with Gasteiger partial charge in [0.05, 0.1) is 4.92 Å². The summed E-state index contributed by atoms with van der Waals surface area (Å²) >= 11 is 0. The maximum Gasteiger partial charge on any atom is 0.410 e. The van der Waals surface area contributed by atoms with Crippen molar-refractivity contribution in [3.63, 3.8) is 0 Å². The molecule has 0 N–H and O–H groups in total. The molecule has 2 heterocycles. The van der Waals surface area contributed by atoms with E-state index in [0.29, 0.717) is 44.1 Å². The molecule has 1 aliphatic heterocycles. The van der Waals surface area contributed by atoms with Gasteiger partial charge in [-0.15, -0.1) is 0 Å². The maximum absolute atomic E-state index is 12.1. The van der Waals surface area contributed by atoms with E-state index in [9.17, 15) is 14.9 Å². The SMILES string of the molecule is CCc1nn(C)c(N2CCN(C(=O)OC(C)(C)C)CC2)c1[N+](=O)[O-]. The van der Waals surface area contributed by atoms with E-state index in [-0.39, 0.29) is 16.7 Å². The molecule has 0 aliphatic carbocycles. The maximum atomic E-state index is 12.1. The van der Waals surface area contributed by atoms with Crippen molar-refractivity contribution in [3.05, 3.63) is 15.8 Å². The van der Waals surface area contributed by atoms with Crippen LogP contribution in [0.25, 0.3) is 0 Å². The second-order valence-corrected chi connectivity index (χ2v) is 6.81. The van der Waals surface area contributed by atoms with Crippen LogP contribution in [0.15, 0.2) is 0 Å². The first-order chi connectivity index (χ1) is 11.1. The number of aryl methyl sites for hydroxylation is 2. The average molecular weight is 339 g/mol. The fourth-order valence-corrected chi connectivity index (χ4v) is 2.77. The lowest BCUT2D eigenvalue weighted by Crippen LogP contribution is -2.50. The smallest absolute Gasteiger partial charge is 0.410 e. The molecule has 1 saturated heterocycles. The molecular formula is C15H25N5O4. The van der Waals surface area contributed by atoms with Crippen molar-refractivity contribution in [2.45, 2.75) is 39.7 Å². The minimum Gasteiger partial charge on any atom is -0.444 e. The van der Waals surface area contributed by atoms with Crippen LogP contribution in [-0.4, -0.2) is 57.5 Å². The Balaban J connectivity index is 2.12. The molecule has 9 nitrogen and oxygen atoms in total. The number of hydrogen-bond acceptors (Lipinski definition) is 6. The van der Waals surface area contributed by atoms with Gasteiger partial charge >= 0.3 is 11.8 Å². The molecule has 0 unspecified atom stereocenters. The molecule has 1 aromatic rings. The highest BCUT2D eigenvalue weighted by molar-refractivity contribution is 5.69. The van der Waals surface area contributed by atoms with Gasteiger partial charge in [-0.3, -0.25) is 10.1 Å². The summed E-state index contributed by atoms with van der Waals surface area (Å²) in [5.41, 5.74) is 0.00298. The Labute approximate surface area is 141 Å². The summed E-state index contributed by atoms with van der Waals surface area (Å²) in [5.74, 6) is 0.501. The number of piperazine rings is 1. The first kappa shape index (κ1) is 18.0. The van der Waals surface area contributed by atoms with Crippen molar-refractivity contribution in [2.75, 3.05) is 31.1 Å². The Morgan fingerprint density at radius 1 is 1.29 bits per heavy atom. The summed E-state index contributed by atoms with van der Waals surface area (Å²) in [7, 11) is 1.71. The highest BCUT2D eigenvalue weighted by atomic mass is 16.6. The summed E-state index contributed by atoms with van der Waals surface area (Å²) in [6, 6.07) is 0. The highest BCUT2D eigenvalue weighted by Crippen LogP contribution is 2.32. The summed E-state index contributed by atoms with van der Waals surface area (Å²) < 4.78 is 6.92. The number of amides is 1. The third-order valence-electron chi connectivity index (χ3n) is 3.81. The van der Waals surface area contributed by atoms with Crippen molar-refractivity contribution in [1.29, 1.82) is 0 Å². The number of hydrogen-bond donors (Lipinski definition) is 0. The number of carbonyl (C=O) groups is 1. The molecule has 0 aromatic carbocycles. The zero-order valence-electron chi connectivity index (χ0n) is 14.9. The molecule has 1 aromatic heterocycles. The Bertz CT molecular complexity index is 627. The van der Waals surface area contributed by atoms with Gasteiger partial charge in [0, 0.05) is 33.2 Å². The fourth-order valence-electron chi connectivity index (χ4n) is 2.77. The van der Waals surface area contributed by atoms with Crippen LogP contribution in [-0.2, 0) is 18.2 Å². The summed E-state index contributed by atoms with van der Waals surface area (Å²) in [6.45, 7) is 9.24. The van der Waals surface area contributed by atoms with Gasteiger partial charge in [0.25, 0.3) is 0 Å². The number of aromatic nitrogens is 2. The van der Waals surface area contributed by atoms with Gasteiger partial charge < -0.3 is 14.5 Å². The average Bonchev–Trinajstić information content (AvgIpc) is 2.82. The normalized spacial score (nSPS) is 15.5. The number of nitrogens with zero attached hydrogens (tertiary/aromatic N) is 5. The lowest BCUT2D eigenvalue weighted by Gasteiger charge is -2.36. The van der Waals surface area contributed by atoms with Crippen molar-refractivity contribution < 1.29 is 14.5 Å². The first-order valence-electron chi connectivity index (χ1n) is 8.07. The zero-order chi connectivity index (χ0) is 18.1. The van der Waals surface area contributed by atoms with Crippen molar-refractivity contribution in [1.82, 2.24) is 14.7 Å². The highest BCUT2D eigenvalue weighted by Gasteiger charge is 2.33. The molecule has 9 heteroatoms. The summed E-state index contributed by atoms with van der Waals surface area (Å²) in [6.07, 6.45) is 0.151. The van der Waals surface area contributed by atoms with Gasteiger partial charge in [0.1, 0.15) is 11.3 Å². The van der Waals surface area contributed by atoms with E-state index < -0.39 is 5.60 Å². The third-order valence-corrected chi connectivity index (χ3v) is 3.81. The predicted molar refractivity (Wildman–Crippen MR) is 89.3 cm³/mol. The largest absolute Gasteiger partial charge is 0.444 e. The van der Waals surface area contributed by atoms with Crippen LogP contribution in [0.5, 0.6) is 0 Å². The molecule has 0 atom stereocenters. The second-order valence-electron chi connectivity index (χ2n) is 6.81. The minimum atomic E-state index is -0.537. The third kappa shape index (κ3) is 3.77. The minimum absolute atomic E-state index is 0.0609. The van der Waals surface area contributed by atoms with Crippen molar-refractivity contribution in [3.8, 4) is 0 Å². The number of rotatable bonds is 3. The molecule has 0 saturated carbocycles. The molecular weight excluding hydrogens is 314 g/mol. The van der Waals surface area contributed by atoms with E-state index in [1.807, 2.05) is 32.6 Å². The molecule has 1 amide bonds. The lowest BCUT2D eigenvalue weighted by molar-refractivity contribution is -0.384. The molecule has 0 radical (unpaired) electrons. The van der Waals surface area contributed by atoms with E-state index in [2.05, 4.69) is 5.10 Å². The van der Waals surface area contributed by atoms with Crippen LogP contribution in [0.4, 0.5) is 16.3 Å². The Kier molecular flexibility index (Phi) is 5.00. The Hall–Kier alpha value is -2.32. The number of carbonyl (C=O) groups excluding carboxylic acids is 1.